The van der Waals surface area contributed by atoms with Crippen molar-refractivity contribution in [3.05, 3.63) is 27.7 Å². The Bertz CT molecular complexity index is 430. The Hall–Kier alpha value is -0.500. The van der Waals surface area contributed by atoms with Crippen molar-refractivity contribution >= 4 is 21.6 Å². The summed E-state index contributed by atoms with van der Waals surface area (Å²) in [4.78, 5) is 0. The maximum atomic E-state index is 3.77. The highest BCUT2D eigenvalue weighted by atomic mass is 79.9. The molecule has 112 valence electrons. The molecule has 1 fully saturated rings. The molecule has 20 heavy (non-hydrogen) atoms. The molecule has 0 radical (unpaired) electrons. The van der Waals surface area contributed by atoms with Crippen molar-refractivity contribution in [3.8, 4) is 0 Å². The predicted molar refractivity (Wildman–Crippen MR) is 92.4 cm³/mol. The molecule has 0 spiro atoms. The van der Waals surface area contributed by atoms with Gasteiger partial charge in [0.1, 0.15) is 0 Å². The zero-order valence-corrected chi connectivity index (χ0v) is 14.9. The first-order valence-corrected chi connectivity index (χ1v) is 8.78. The van der Waals surface area contributed by atoms with E-state index in [0.717, 1.165) is 11.8 Å². The van der Waals surface area contributed by atoms with Gasteiger partial charge in [0, 0.05) is 16.2 Å². The smallest absolute Gasteiger partial charge is 0.0348 e. The predicted octanol–water partition coefficient (Wildman–Crippen LogP) is 6.08. The molecule has 2 atom stereocenters. The normalized spacial score (nSPS) is 23.1. The van der Waals surface area contributed by atoms with Gasteiger partial charge in [-0.1, -0.05) is 42.6 Å². The first-order valence-electron chi connectivity index (χ1n) is 7.99. The second-order valence-corrected chi connectivity index (χ2v) is 7.72. The van der Waals surface area contributed by atoms with Crippen LogP contribution in [0.4, 0.5) is 5.69 Å². The molecule has 1 N–H and O–H groups in total. The van der Waals surface area contributed by atoms with Crippen LogP contribution in [0.15, 0.2) is 16.6 Å². The maximum absolute atomic E-state index is 3.77. The topological polar surface area (TPSA) is 12.0 Å². The molecule has 2 heteroatoms. The molecule has 1 nitrogen and oxygen atoms in total. The van der Waals surface area contributed by atoms with Gasteiger partial charge in [0.2, 0.25) is 0 Å². The molecule has 0 amide bonds. The Balaban J connectivity index is 1.99. The molecule has 2 unspecified atom stereocenters. The standard InChI is InChI=1S/C18H28BrN/c1-12(2)8-15-6-5-7-16(11-15)20-17-9-13(3)18(19)14(4)10-17/h9-10,12,15-16,20H,5-8,11H2,1-4H3. The van der Waals surface area contributed by atoms with Crippen molar-refractivity contribution in [2.24, 2.45) is 11.8 Å². The summed E-state index contributed by atoms with van der Waals surface area (Å²) < 4.78 is 1.24. The van der Waals surface area contributed by atoms with Crippen molar-refractivity contribution in [2.45, 2.75) is 65.8 Å². The van der Waals surface area contributed by atoms with Crippen molar-refractivity contribution in [1.29, 1.82) is 0 Å². The van der Waals surface area contributed by atoms with E-state index in [2.05, 4.69) is 61.1 Å². The Labute approximate surface area is 132 Å². The van der Waals surface area contributed by atoms with Crippen LogP contribution in [0.2, 0.25) is 0 Å². The zero-order valence-electron chi connectivity index (χ0n) is 13.3. The number of hydrogen-bond donors (Lipinski definition) is 1. The van der Waals surface area contributed by atoms with Gasteiger partial charge in [-0.15, -0.1) is 0 Å². The Morgan fingerprint density at radius 3 is 2.45 bits per heavy atom. The van der Waals surface area contributed by atoms with E-state index in [0.29, 0.717) is 6.04 Å². The van der Waals surface area contributed by atoms with Crippen LogP contribution >= 0.6 is 15.9 Å². The number of aryl methyl sites for hydroxylation is 2. The Kier molecular flexibility index (Phi) is 5.54. The third-order valence-corrected chi connectivity index (χ3v) is 5.65. The van der Waals surface area contributed by atoms with E-state index in [9.17, 15) is 0 Å². The molecular formula is C18H28BrN. The van der Waals surface area contributed by atoms with Gasteiger partial charge in [-0.05, 0) is 68.2 Å². The van der Waals surface area contributed by atoms with Crippen LogP contribution in [0, 0.1) is 25.7 Å². The minimum atomic E-state index is 0.660. The van der Waals surface area contributed by atoms with Crippen molar-refractivity contribution < 1.29 is 0 Å². The summed E-state index contributed by atoms with van der Waals surface area (Å²) in [5.74, 6) is 1.75. The number of rotatable bonds is 4. The zero-order chi connectivity index (χ0) is 14.7. The Morgan fingerprint density at radius 1 is 1.20 bits per heavy atom. The molecule has 0 heterocycles. The maximum Gasteiger partial charge on any atom is 0.0348 e. The van der Waals surface area contributed by atoms with E-state index < -0.39 is 0 Å². The highest BCUT2D eigenvalue weighted by Crippen LogP contribution is 2.32. The lowest BCUT2D eigenvalue weighted by atomic mass is 9.81. The van der Waals surface area contributed by atoms with Crippen molar-refractivity contribution in [2.75, 3.05) is 5.32 Å². The molecule has 0 saturated heterocycles. The number of benzene rings is 1. The monoisotopic (exact) mass is 337 g/mol. The summed E-state index contributed by atoms with van der Waals surface area (Å²) in [6, 6.07) is 5.19. The minimum Gasteiger partial charge on any atom is -0.382 e. The van der Waals surface area contributed by atoms with Crippen LogP contribution in [0.25, 0.3) is 0 Å². The Morgan fingerprint density at radius 2 is 1.85 bits per heavy atom. The molecule has 0 aliphatic heterocycles. The second-order valence-electron chi connectivity index (χ2n) is 6.93. The molecule has 1 aromatic carbocycles. The summed E-state index contributed by atoms with van der Waals surface area (Å²) in [5, 5.41) is 3.77. The molecule has 1 aliphatic rings. The van der Waals surface area contributed by atoms with E-state index in [1.54, 1.807) is 0 Å². The fourth-order valence-corrected chi connectivity index (χ4v) is 3.80. The third-order valence-electron chi connectivity index (χ3n) is 4.39. The van der Waals surface area contributed by atoms with Crippen LogP contribution in [-0.2, 0) is 0 Å². The van der Waals surface area contributed by atoms with Crippen LogP contribution in [0.5, 0.6) is 0 Å². The van der Waals surface area contributed by atoms with Gasteiger partial charge in [0.05, 0.1) is 0 Å². The molecular weight excluding hydrogens is 310 g/mol. The fourth-order valence-electron chi connectivity index (χ4n) is 3.57. The quantitative estimate of drug-likeness (QED) is 0.701. The average molecular weight is 338 g/mol. The SMILES string of the molecule is Cc1cc(NC2CCCC(CC(C)C)C2)cc(C)c1Br. The van der Waals surface area contributed by atoms with Gasteiger partial charge in [-0.25, -0.2) is 0 Å². The number of nitrogens with one attached hydrogen (secondary N) is 1. The van der Waals surface area contributed by atoms with Crippen LogP contribution in [-0.4, -0.2) is 6.04 Å². The number of halogens is 1. The number of anilines is 1. The summed E-state index contributed by atoms with van der Waals surface area (Å²) in [5.41, 5.74) is 3.93. The van der Waals surface area contributed by atoms with Gasteiger partial charge in [-0.3, -0.25) is 0 Å². The van der Waals surface area contributed by atoms with E-state index >= 15 is 0 Å². The van der Waals surface area contributed by atoms with Gasteiger partial charge in [0.15, 0.2) is 0 Å². The molecule has 0 aromatic heterocycles. The largest absolute Gasteiger partial charge is 0.382 e. The average Bonchev–Trinajstić information content (AvgIpc) is 2.35. The second kappa shape index (κ2) is 6.98. The number of hydrogen-bond acceptors (Lipinski definition) is 1. The molecule has 1 saturated carbocycles. The minimum absolute atomic E-state index is 0.660. The van der Waals surface area contributed by atoms with Gasteiger partial charge < -0.3 is 5.32 Å². The van der Waals surface area contributed by atoms with E-state index in [4.69, 9.17) is 0 Å². The first-order chi connectivity index (χ1) is 9.45. The summed E-state index contributed by atoms with van der Waals surface area (Å²) >= 11 is 3.65. The molecule has 1 aliphatic carbocycles. The van der Waals surface area contributed by atoms with E-state index in [1.807, 2.05) is 0 Å². The van der Waals surface area contributed by atoms with Gasteiger partial charge in [-0.2, -0.15) is 0 Å². The lowest BCUT2D eigenvalue weighted by Gasteiger charge is -2.31. The summed E-state index contributed by atoms with van der Waals surface area (Å²) in [6.07, 6.45) is 6.85. The fraction of sp³-hybridized carbons (Fsp3) is 0.667. The van der Waals surface area contributed by atoms with E-state index in [1.165, 1.54) is 53.4 Å². The lowest BCUT2D eigenvalue weighted by molar-refractivity contribution is 0.289. The van der Waals surface area contributed by atoms with Crippen LogP contribution < -0.4 is 5.32 Å². The first kappa shape index (κ1) is 15.9. The van der Waals surface area contributed by atoms with E-state index in [-0.39, 0.29) is 0 Å². The highest BCUT2D eigenvalue weighted by Gasteiger charge is 2.22. The van der Waals surface area contributed by atoms with Crippen molar-refractivity contribution in [1.82, 2.24) is 0 Å². The van der Waals surface area contributed by atoms with Crippen LogP contribution in [0.3, 0.4) is 0 Å². The summed E-state index contributed by atoms with van der Waals surface area (Å²) in [7, 11) is 0. The highest BCUT2D eigenvalue weighted by molar-refractivity contribution is 9.10. The third kappa shape index (κ3) is 4.25. The molecule has 0 bridgehead atoms. The lowest BCUT2D eigenvalue weighted by Crippen LogP contribution is -2.28. The van der Waals surface area contributed by atoms with Gasteiger partial charge >= 0.3 is 0 Å². The van der Waals surface area contributed by atoms with Crippen LogP contribution in [0.1, 0.15) is 57.1 Å². The molecule has 1 aromatic rings. The molecule has 2 rings (SSSR count). The van der Waals surface area contributed by atoms with Gasteiger partial charge in [0.25, 0.3) is 0 Å². The summed E-state index contributed by atoms with van der Waals surface area (Å²) in [6.45, 7) is 9.03. The van der Waals surface area contributed by atoms with Crippen molar-refractivity contribution in [3.63, 3.8) is 0 Å².